The van der Waals surface area contributed by atoms with Gasteiger partial charge in [-0.2, -0.15) is 0 Å². The first-order valence-corrected chi connectivity index (χ1v) is 14.4. The van der Waals surface area contributed by atoms with Crippen LogP contribution in [-0.4, -0.2) is 0 Å². The molecule has 0 aromatic rings. The lowest BCUT2D eigenvalue weighted by atomic mass is 9.88. The Morgan fingerprint density at radius 1 is 0.172 bits per heavy atom. The molecule has 2 bridgehead atoms. The predicted molar refractivity (Wildman–Crippen MR) is 132 cm³/mol. The van der Waals surface area contributed by atoms with Gasteiger partial charge in [-0.3, -0.25) is 0 Å². The van der Waals surface area contributed by atoms with Crippen molar-refractivity contribution in [1.82, 2.24) is 0 Å². The third kappa shape index (κ3) is 14.6. The van der Waals surface area contributed by atoms with E-state index in [0.717, 1.165) is 11.8 Å². The normalized spacial score (nSPS) is 29.8. The standard InChI is InChI=1S/C29H56/c1-4-10-16-22-28-24-18-12-6-2-7-13-19-25-29(23-17-11-5-1)27-21-15-9-3-8-14-20-26-28/h28-29H,1-27H2. The molecule has 0 aromatic carbocycles. The molecule has 0 spiro atoms. The molecule has 3 aliphatic carbocycles. The fourth-order valence-electron chi connectivity index (χ4n) is 6.12. The zero-order chi connectivity index (χ0) is 20.2. The van der Waals surface area contributed by atoms with Gasteiger partial charge in [0, 0.05) is 0 Å². The van der Waals surface area contributed by atoms with Gasteiger partial charge >= 0.3 is 0 Å². The maximum Gasteiger partial charge on any atom is -0.0414 e. The number of hydrogen-bond donors (Lipinski definition) is 0. The first-order chi connectivity index (χ1) is 14.4. The van der Waals surface area contributed by atoms with Gasteiger partial charge in [0.05, 0.1) is 0 Å². The average Bonchev–Trinajstić information content (AvgIpc) is 2.72. The second-order valence-corrected chi connectivity index (χ2v) is 10.9. The Balaban J connectivity index is 1.86. The smallest absolute Gasteiger partial charge is 0.0414 e. The summed E-state index contributed by atoms with van der Waals surface area (Å²) in [6.07, 6.45) is 41.0. The van der Waals surface area contributed by atoms with E-state index in [9.17, 15) is 0 Å². The van der Waals surface area contributed by atoms with Gasteiger partial charge in [0.1, 0.15) is 0 Å². The van der Waals surface area contributed by atoms with Gasteiger partial charge in [-0.25, -0.2) is 0 Å². The summed E-state index contributed by atoms with van der Waals surface area (Å²) in [6.45, 7) is 0. The molecule has 3 aliphatic rings. The van der Waals surface area contributed by atoms with E-state index in [1.54, 1.807) is 38.5 Å². The van der Waals surface area contributed by atoms with Crippen molar-refractivity contribution in [3.8, 4) is 0 Å². The summed E-state index contributed by atoms with van der Waals surface area (Å²) in [7, 11) is 0. The highest BCUT2D eigenvalue weighted by molar-refractivity contribution is 4.65. The minimum atomic E-state index is 1.06. The maximum atomic E-state index is 1.54. The molecular weight excluding hydrogens is 348 g/mol. The Bertz CT molecular complexity index is 251. The van der Waals surface area contributed by atoms with Crippen LogP contribution >= 0.6 is 0 Å². The molecule has 0 aliphatic heterocycles. The van der Waals surface area contributed by atoms with Gasteiger partial charge in [-0.15, -0.1) is 0 Å². The minimum Gasteiger partial charge on any atom is -0.0533 e. The summed E-state index contributed by atoms with van der Waals surface area (Å²) in [4.78, 5) is 0. The lowest BCUT2D eigenvalue weighted by molar-refractivity contribution is 0.351. The van der Waals surface area contributed by atoms with Crippen LogP contribution in [-0.2, 0) is 0 Å². The second kappa shape index (κ2) is 18.7. The molecule has 172 valence electrons. The summed E-state index contributed by atoms with van der Waals surface area (Å²) in [6, 6.07) is 0. The Morgan fingerprint density at radius 3 is 0.483 bits per heavy atom. The summed E-state index contributed by atoms with van der Waals surface area (Å²) in [5.41, 5.74) is 0. The lowest BCUT2D eigenvalue weighted by Gasteiger charge is -2.18. The van der Waals surface area contributed by atoms with Crippen LogP contribution in [0.15, 0.2) is 0 Å². The van der Waals surface area contributed by atoms with E-state index in [-0.39, 0.29) is 0 Å². The Labute approximate surface area is 185 Å². The van der Waals surface area contributed by atoms with E-state index in [1.165, 1.54) is 135 Å². The predicted octanol–water partition coefficient (Wildman–Crippen LogP) is 10.8. The maximum absolute atomic E-state index is 1.54. The highest BCUT2D eigenvalue weighted by Gasteiger charge is 2.11. The van der Waals surface area contributed by atoms with E-state index < -0.39 is 0 Å². The largest absolute Gasteiger partial charge is 0.0533 e. The summed E-state index contributed by atoms with van der Waals surface area (Å²) >= 11 is 0. The molecule has 0 heteroatoms. The SMILES string of the molecule is C1CCCCC2CCCCCCCCCC(CCCC1)CCCCCCCCC2. The van der Waals surface area contributed by atoms with Crippen molar-refractivity contribution < 1.29 is 0 Å². The summed E-state index contributed by atoms with van der Waals surface area (Å²) in [5, 5.41) is 0. The fourth-order valence-corrected chi connectivity index (χ4v) is 6.12. The van der Waals surface area contributed by atoms with E-state index in [2.05, 4.69) is 0 Å². The van der Waals surface area contributed by atoms with Gasteiger partial charge in [-0.1, -0.05) is 173 Å². The van der Waals surface area contributed by atoms with Gasteiger partial charge in [0.15, 0.2) is 0 Å². The second-order valence-electron chi connectivity index (χ2n) is 10.9. The van der Waals surface area contributed by atoms with E-state index in [4.69, 9.17) is 0 Å². The summed E-state index contributed by atoms with van der Waals surface area (Å²) < 4.78 is 0. The highest BCUT2D eigenvalue weighted by atomic mass is 14.2. The van der Waals surface area contributed by atoms with E-state index >= 15 is 0 Å². The third-order valence-corrected chi connectivity index (χ3v) is 8.17. The monoisotopic (exact) mass is 404 g/mol. The van der Waals surface area contributed by atoms with Crippen molar-refractivity contribution in [1.29, 1.82) is 0 Å². The van der Waals surface area contributed by atoms with Crippen LogP contribution in [0.1, 0.15) is 173 Å². The van der Waals surface area contributed by atoms with E-state index in [0.29, 0.717) is 0 Å². The molecule has 0 aromatic heterocycles. The highest BCUT2D eigenvalue weighted by Crippen LogP contribution is 2.27. The Kier molecular flexibility index (Phi) is 16.3. The molecule has 0 amide bonds. The van der Waals surface area contributed by atoms with Crippen LogP contribution in [0.4, 0.5) is 0 Å². The first kappa shape index (κ1) is 25.3. The van der Waals surface area contributed by atoms with Gasteiger partial charge in [0.2, 0.25) is 0 Å². The fraction of sp³-hybridized carbons (Fsp3) is 1.00. The molecule has 0 saturated heterocycles. The van der Waals surface area contributed by atoms with Crippen molar-refractivity contribution in [2.24, 2.45) is 11.8 Å². The first-order valence-electron chi connectivity index (χ1n) is 14.4. The van der Waals surface area contributed by atoms with Crippen LogP contribution in [0.5, 0.6) is 0 Å². The topological polar surface area (TPSA) is 0 Å². The quantitative estimate of drug-likeness (QED) is 0.376. The molecule has 0 radical (unpaired) electrons. The molecule has 0 unspecified atom stereocenters. The van der Waals surface area contributed by atoms with Crippen molar-refractivity contribution in [3.05, 3.63) is 0 Å². The van der Waals surface area contributed by atoms with Crippen LogP contribution < -0.4 is 0 Å². The van der Waals surface area contributed by atoms with Crippen LogP contribution in [0.2, 0.25) is 0 Å². The van der Waals surface area contributed by atoms with Gasteiger partial charge in [-0.05, 0) is 11.8 Å². The molecule has 29 heavy (non-hydrogen) atoms. The van der Waals surface area contributed by atoms with Crippen molar-refractivity contribution >= 4 is 0 Å². The molecule has 0 heterocycles. The molecule has 3 saturated carbocycles. The summed E-state index contributed by atoms with van der Waals surface area (Å²) in [5.74, 6) is 2.12. The van der Waals surface area contributed by atoms with Gasteiger partial charge in [0.25, 0.3) is 0 Å². The molecular formula is C29H56. The van der Waals surface area contributed by atoms with Crippen LogP contribution in [0.25, 0.3) is 0 Å². The zero-order valence-corrected chi connectivity index (χ0v) is 20.2. The van der Waals surface area contributed by atoms with Crippen molar-refractivity contribution in [2.45, 2.75) is 173 Å². The molecule has 0 N–H and O–H groups in total. The number of rotatable bonds is 0. The van der Waals surface area contributed by atoms with Crippen LogP contribution in [0, 0.1) is 11.8 Å². The van der Waals surface area contributed by atoms with Gasteiger partial charge < -0.3 is 0 Å². The average molecular weight is 405 g/mol. The zero-order valence-electron chi connectivity index (χ0n) is 20.2. The van der Waals surface area contributed by atoms with Crippen molar-refractivity contribution in [3.63, 3.8) is 0 Å². The Hall–Kier alpha value is 0. The third-order valence-electron chi connectivity index (χ3n) is 8.17. The molecule has 0 nitrogen and oxygen atoms in total. The van der Waals surface area contributed by atoms with E-state index in [1.807, 2.05) is 0 Å². The molecule has 0 atom stereocenters. The van der Waals surface area contributed by atoms with Crippen LogP contribution in [0.3, 0.4) is 0 Å². The Morgan fingerprint density at radius 2 is 0.310 bits per heavy atom. The molecule has 3 fully saturated rings. The van der Waals surface area contributed by atoms with Crippen molar-refractivity contribution in [2.75, 3.05) is 0 Å². The number of fused-ring (bicyclic) bond motifs is 24. The molecule has 3 rings (SSSR count). The lowest BCUT2D eigenvalue weighted by Crippen LogP contribution is -2.03. The minimum absolute atomic E-state index is 1.06. The number of hydrogen-bond acceptors (Lipinski definition) is 0.